The average Bonchev–Trinajstić information content (AvgIpc) is 3.24. The number of nitrogens with zero attached hydrogens (tertiary/aromatic N) is 5. The lowest BCUT2D eigenvalue weighted by molar-refractivity contribution is -0.182. The van der Waals surface area contributed by atoms with Gasteiger partial charge in [-0.1, -0.05) is 6.07 Å². The molecule has 2 fully saturated rings. The van der Waals surface area contributed by atoms with Crippen molar-refractivity contribution in [2.75, 3.05) is 30.3 Å². The van der Waals surface area contributed by atoms with Gasteiger partial charge in [0.1, 0.15) is 11.5 Å². The smallest absolute Gasteiger partial charge is 0.267 e. The number of carbonyl (C=O) groups is 2. The highest BCUT2D eigenvalue weighted by Gasteiger charge is 2.37. The summed E-state index contributed by atoms with van der Waals surface area (Å²) in [7, 11) is 0. The number of piperidine rings is 1. The molecule has 4 N–H and O–H groups in total. The lowest BCUT2D eigenvalue weighted by atomic mass is 9.95. The Labute approximate surface area is 167 Å². The highest BCUT2D eigenvalue weighted by atomic mass is 16.7. The SMILES string of the molecule is NC(=O)c1ccnc(N2CCC(C(=O)N3OCCC3c3ccc(N)nc3)CC2)n1. The van der Waals surface area contributed by atoms with Gasteiger partial charge in [-0.25, -0.2) is 20.0 Å². The molecule has 4 rings (SSSR count). The van der Waals surface area contributed by atoms with Gasteiger partial charge in [0.25, 0.3) is 5.91 Å². The normalized spacial score (nSPS) is 20.1. The molecule has 0 aromatic carbocycles. The molecule has 2 aromatic rings. The van der Waals surface area contributed by atoms with Crippen LogP contribution in [0, 0.1) is 5.92 Å². The Morgan fingerprint density at radius 2 is 1.90 bits per heavy atom. The average molecular weight is 397 g/mol. The van der Waals surface area contributed by atoms with E-state index in [9.17, 15) is 9.59 Å². The summed E-state index contributed by atoms with van der Waals surface area (Å²) < 4.78 is 0. The molecular formula is C19H23N7O3. The van der Waals surface area contributed by atoms with Gasteiger partial charge in [0.2, 0.25) is 11.9 Å². The standard InChI is InChI=1S/C19H23N7O3/c20-16-2-1-13(11-23-16)15-6-10-29-26(15)18(28)12-4-8-25(9-5-12)19-22-7-3-14(24-19)17(21)27/h1-3,7,11-12,15H,4-6,8-10H2,(H2,20,23)(H2,21,27). The third-order valence-electron chi connectivity index (χ3n) is 5.34. The minimum Gasteiger partial charge on any atom is -0.384 e. The number of aromatic nitrogens is 3. The zero-order chi connectivity index (χ0) is 20.4. The molecule has 2 amide bonds. The van der Waals surface area contributed by atoms with E-state index in [0.29, 0.717) is 44.3 Å². The molecule has 152 valence electrons. The molecule has 4 heterocycles. The highest BCUT2D eigenvalue weighted by molar-refractivity contribution is 5.90. The van der Waals surface area contributed by atoms with Crippen LogP contribution in [0.1, 0.15) is 41.4 Å². The summed E-state index contributed by atoms with van der Waals surface area (Å²) in [5, 5.41) is 1.50. The summed E-state index contributed by atoms with van der Waals surface area (Å²) in [5.74, 6) is 0.146. The van der Waals surface area contributed by atoms with Crippen molar-refractivity contribution in [3.8, 4) is 0 Å². The van der Waals surface area contributed by atoms with Gasteiger partial charge in [0.05, 0.1) is 12.6 Å². The molecule has 29 heavy (non-hydrogen) atoms. The predicted octanol–water partition coefficient (Wildman–Crippen LogP) is 0.674. The summed E-state index contributed by atoms with van der Waals surface area (Å²) in [6.07, 6.45) is 5.23. The van der Waals surface area contributed by atoms with Crippen LogP contribution in [-0.2, 0) is 9.63 Å². The molecule has 1 atom stereocenters. The maximum atomic E-state index is 13.1. The van der Waals surface area contributed by atoms with Crippen LogP contribution in [0.3, 0.4) is 0 Å². The number of hydrogen-bond acceptors (Lipinski definition) is 8. The summed E-state index contributed by atoms with van der Waals surface area (Å²) in [6, 6.07) is 4.95. The quantitative estimate of drug-likeness (QED) is 0.767. The third-order valence-corrected chi connectivity index (χ3v) is 5.34. The van der Waals surface area contributed by atoms with Gasteiger partial charge in [-0.3, -0.25) is 14.4 Å². The van der Waals surface area contributed by atoms with Gasteiger partial charge in [-0.15, -0.1) is 0 Å². The Balaban J connectivity index is 1.40. The van der Waals surface area contributed by atoms with Crippen LogP contribution < -0.4 is 16.4 Å². The molecule has 0 saturated carbocycles. The largest absolute Gasteiger partial charge is 0.384 e. The van der Waals surface area contributed by atoms with E-state index in [1.165, 1.54) is 17.3 Å². The molecule has 10 nitrogen and oxygen atoms in total. The number of hydrogen-bond donors (Lipinski definition) is 2. The number of anilines is 2. The van der Waals surface area contributed by atoms with E-state index < -0.39 is 5.91 Å². The van der Waals surface area contributed by atoms with Crippen molar-refractivity contribution < 1.29 is 14.4 Å². The Hall–Kier alpha value is -3.27. The van der Waals surface area contributed by atoms with Crippen LogP contribution in [-0.4, -0.2) is 51.5 Å². The number of carbonyl (C=O) groups excluding carboxylic acids is 2. The van der Waals surface area contributed by atoms with Crippen LogP contribution in [0.5, 0.6) is 0 Å². The second kappa shape index (κ2) is 8.00. The number of nitrogen functional groups attached to an aromatic ring is 1. The van der Waals surface area contributed by atoms with Crippen LogP contribution in [0.25, 0.3) is 0 Å². The fraction of sp³-hybridized carbons (Fsp3) is 0.421. The number of primary amides is 1. The van der Waals surface area contributed by atoms with E-state index >= 15 is 0 Å². The second-order valence-corrected chi connectivity index (χ2v) is 7.19. The van der Waals surface area contributed by atoms with Gasteiger partial charge >= 0.3 is 0 Å². The maximum Gasteiger partial charge on any atom is 0.267 e. The van der Waals surface area contributed by atoms with E-state index in [-0.39, 0.29) is 23.6 Å². The van der Waals surface area contributed by atoms with E-state index in [2.05, 4.69) is 15.0 Å². The number of hydroxylamine groups is 2. The third kappa shape index (κ3) is 3.97. The minimum atomic E-state index is -0.590. The first-order valence-electron chi connectivity index (χ1n) is 9.58. The van der Waals surface area contributed by atoms with Gasteiger partial charge in [-0.2, -0.15) is 0 Å². The molecule has 0 radical (unpaired) electrons. The predicted molar refractivity (Wildman–Crippen MR) is 104 cm³/mol. The first kappa shape index (κ1) is 19.1. The number of rotatable bonds is 4. The van der Waals surface area contributed by atoms with E-state index in [1.807, 2.05) is 11.0 Å². The minimum absolute atomic E-state index is 0.0178. The Morgan fingerprint density at radius 3 is 2.59 bits per heavy atom. The van der Waals surface area contributed by atoms with Crippen LogP contribution in [0.4, 0.5) is 11.8 Å². The van der Waals surface area contributed by atoms with Crippen molar-refractivity contribution in [2.24, 2.45) is 11.7 Å². The number of nitrogens with two attached hydrogens (primary N) is 2. The van der Waals surface area contributed by atoms with Crippen molar-refractivity contribution >= 4 is 23.6 Å². The van der Waals surface area contributed by atoms with E-state index in [0.717, 1.165) is 12.0 Å². The summed E-state index contributed by atoms with van der Waals surface area (Å²) >= 11 is 0. The topological polar surface area (TPSA) is 141 Å². The van der Waals surface area contributed by atoms with E-state index in [4.69, 9.17) is 16.3 Å². The molecule has 0 bridgehead atoms. The maximum absolute atomic E-state index is 13.1. The first-order valence-corrected chi connectivity index (χ1v) is 9.58. The molecule has 1 unspecified atom stereocenters. The van der Waals surface area contributed by atoms with Crippen molar-refractivity contribution in [3.63, 3.8) is 0 Å². The molecule has 2 aliphatic rings. The molecule has 2 aliphatic heterocycles. The molecular weight excluding hydrogens is 374 g/mol. The fourth-order valence-corrected chi connectivity index (χ4v) is 3.75. The lowest BCUT2D eigenvalue weighted by Crippen LogP contribution is -2.42. The van der Waals surface area contributed by atoms with E-state index in [1.54, 1.807) is 12.3 Å². The van der Waals surface area contributed by atoms with Crippen molar-refractivity contribution in [2.45, 2.75) is 25.3 Å². The van der Waals surface area contributed by atoms with Gasteiger partial charge in [0, 0.05) is 37.8 Å². The molecule has 2 aromatic heterocycles. The van der Waals surface area contributed by atoms with Crippen molar-refractivity contribution in [1.29, 1.82) is 0 Å². The molecule has 0 spiro atoms. The highest BCUT2D eigenvalue weighted by Crippen LogP contribution is 2.33. The Morgan fingerprint density at radius 1 is 1.10 bits per heavy atom. The zero-order valence-corrected chi connectivity index (χ0v) is 15.9. The first-order chi connectivity index (χ1) is 14.0. The number of amides is 2. The van der Waals surface area contributed by atoms with Crippen LogP contribution >= 0.6 is 0 Å². The van der Waals surface area contributed by atoms with Crippen LogP contribution in [0.15, 0.2) is 30.6 Å². The Bertz CT molecular complexity index is 897. The molecule has 2 saturated heterocycles. The summed E-state index contributed by atoms with van der Waals surface area (Å²) in [4.78, 5) is 44.6. The second-order valence-electron chi connectivity index (χ2n) is 7.19. The molecule has 10 heteroatoms. The van der Waals surface area contributed by atoms with Gasteiger partial charge in [-0.05, 0) is 30.5 Å². The van der Waals surface area contributed by atoms with Crippen molar-refractivity contribution in [1.82, 2.24) is 20.0 Å². The molecule has 0 aliphatic carbocycles. The fourth-order valence-electron chi connectivity index (χ4n) is 3.75. The van der Waals surface area contributed by atoms with Crippen LogP contribution in [0.2, 0.25) is 0 Å². The lowest BCUT2D eigenvalue weighted by Gasteiger charge is -2.34. The summed E-state index contributed by atoms with van der Waals surface area (Å²) in [6.45, 7) is 1.72. The van der Waals surface area contributed by atoms with Gasteiger partial charge in [0.15, 0.2) is 0 Å². The Kier molecular flexibility index (Phi) is 5.26. The van der Waals surface area contributed by atoms with Gasteiger partial charge < -0.3 is 16.4 Å². The van der Waals surface area contributed by atoms with Crippen molar-refractivity contribution in [3.05, 3.63) is 41.9 Å². The summed E-state index contributed by atoms with van der Waals surface area (Å²) in [5.41, 5.74) is 12.0. The monoisotopic (exact) mass is 397 g/mol. The number of pyridine rings is 1. The zero-order valence-electron chi connectivity index (χ0n) is 15.9.